The van der Waals surface area contributed by atoms with Crippen LogP contribution >= 0.6 is 11.6 Å². The smallest absolute Gasteiger partial charge is 0.222 e. The predicted molar refractivity (Wildman–Crippen MR) is 99.8 cm³/mol. The normalized spacial score (nSPS) is 15.4. The highest BCUT2D eigenvalue weighted by Crippen LogP contribution is 2.24. The van der Waals surface area contributed by atoms with Gasteiger partial charge in [-0.3, -0.25) is 4.79 Å². The fourth-order valence-electron chi connectivity index (χ4n) is 3.21. The summed E-state index contributed by atoms with van der Waals surface area (Å²) in [5.41, 5.74) is 2.17. The summed E-state index contributed by atoms with van der Waals surface area (Å²) in [6, 6.07) is 15.9. The quantitative estimate of drug-likeness (QED) is 0.818. The summed E-state index contributed by atoms with van der Waals surface area (Å²) in [6.07, 6.45) is 1.60. The van der Waals surface area contributed by atoms with Crippen LogP contribution in [0.5, 0.6) is 5.75 Å². The Labute approximate surface area is 153 Å². The second-order valence-electron chi connectivity index (χ2n) is 6.24. The van der Waals surface area contributed by atoms with Crippen molar-refractivity contribution in [2.45, 2.75) is 25.4 Å². The van der Waals surface area contributed by atoms with Gasteiger partial charge in [-0.05, 0) is 30.2 Å². The van der Waals surface area contributed by atoms with E-state index in [0.29, 0.717) is 24.5 Å². The van der Waals surface area contributed by atoms with Gasteiger partial charge in [-0.25, -0.2) is 0 Å². The van der Waals surface area contributed by atoms with Gasteiger partial charge in [0.05, 0.1) is 13.2 Å². The average molecular weight is 359 g/mol. The lowest BCUT2D eigenvalue weighted by atomic mass is 10.1. The average Bonchev–Trinajstić information content (AvgIpc) is 3.04. The molecule has 2 aromatic carbocycles. The van der Waals surface area contributed by atoms with Gasteiger partial charge in [0, 0.05) is 36.6 Å². The molecule has 1 atom stereocenters. The molecule has 0 radical (unpaired) electrons. The Bertz CT molecular complexity index is 721. The van der Waals surface area contributed by atoms with Crippen molar-refractivity contribution in [3.63, 3.8) is 0 Å². The molecule has 4 nitrogen and oxygen atoms in total. The van der Waals surface area contributed by atoms with Crippen molar-refractivity contribution in [3.05, 3.63) is 64.7 Å². The number of nitrogens with zero attached hydrogens (tertiary/aromatic N) is 1. The van der Waals surface area contributed by atoms with Gasteiger partial charge in [0.2, 0.25) is 5.91 Å². The minimum atomic E-state index is 0.0620. The molecule has 132 valence electrons. The molecule has 0 bridgehead atoms. The number of methoxy groups -OCH3 is 1. The standard InChI is InChI=1S/C20H23ClN2O2/c1-25-19-10-9-17(21)12-16(19)13-22-18(15-6-3-2-4-7-15)14-23-11-5-8-20(23)24/h2-4,6-7,9-10,12,18,22H,5,8,11,13-14H2,1H3/t18-/m0/s1. The first-order valence-corrected chi connectivity index (χ1v) is 8.93. The van der Waals surface area contributed by atoms with E-state index in [2.05, 4.69) is 17.4 Å². The minimum absolute atomic E-state index is 0.0620. The lowest BCUT2D eigenvalue weighted by molar-refractivity contribution is -0.128. The van der Waals surface area contributed by atoms with E-state index in [9.17, 15) is 4.79 Å². The molecular formula is C20H23ClN2O2. The molecule has 1 N–H and O–H groups in total. The van der Waals surface area contributed by atoms with Crippen molar-refractivity contribution in [1.82, 2.24) is 10.2 Å². The first-order chi connectivity index (χ1) is 12.2. The number of benzene rings is 2. The van der Waals surface area contributed by atoms with Crippen LogP contribution in [-0.2, 0) is 11.3 Å². The number of carbonyl (C=O) groups excluding carboxylic acids is 1. The molecule has 1 saturated heterocycles. The Hall–Kier alpha value is -2.04. The van der Waals surface area contributed by atoms with Crippen LogP contribution in [0.3, 0.4) is 0 Å². The highest BCUT2D eigenvalue weighted by atomic mass is 35.5. The van der Waals surface area contributed by atoms with Crippen molar-refractivity contribution in [2.24, 2.45) is 0 Å². The van der Waals surface area contributed by atoms with Gasteiger partial charge in [-0.2, -0.15) is 0 Å². The second-order valence-corrected chi connectivity index (χ2v) is 6.68. The third-order valence-electron chi connectivity index (χ3n) is 4.56. The van der Waals surface area contributed by atoms with Gasteiger partial charge in [-0.1, -0.05) is 41.9 Å². The lowest BCUT2D eigenvalue weighted by Crippen LogP contribution is -2.35. The van der Waals surface area contributed by atoms with Crippen molar-refractivity contribution >= 4 is 17.5 Å². The molecule has 2 aromatic rings. The summed E-state index contributed by atoms with van der Waals surface area (Å²) in [5.74, 6) is 1.05. The van der Waals surface area contributed by atoms with Gasteiger partial charge < -0.3 is 15.0 Å². The Morgan fingerprint density at radius 2 is 2.04 bits per heavy atom. The van der Waals surface area contributed by atoms with Crippen molar-refractivity contribution in [2.75, 3.05) is 20.2 Å². The summed E-state index contributed by atoms with van der Waals surface area (Å²) in [4.78, 5) is 14.0. The first kappa shape index (κ1) is 17.8. The highest BCUT2D eigenvalue weighted by molar-refractivity contribution is 6.30. The number of likely N-dealkylation sites (tertiary alicyclic amines) is 1. The van der Waals surface area contributed by atoms with Crippen LogP contribution in [-0.4, -0.2) is 31.0 Å². The Kier molecular flexibility index (Phi) is 5.95. The Balaban J connectivity index is 1.76. The number of hydrogen-bond acceptors (Lipinski definition) is 3. The van der Waals surface area contributed by atoms with E-state index in [1.165, 1.54) is 5.56 Å². The maximum Gasteiger partial charge on any atom is 0.222 e. The second kappa shape index (κ2) is 8.37. The van der Waals surface area contributed by atoms with Crippen LogP contribution in [0.1, 0.15) is 30.0 Å². The van der Waals surface area contributed by atoms with Crippen LogP contribution in [0.15, 0.2) is 48.5 Å². The molecule has 0 aliphatic carbocycles. The number of ether oxygens (including phenoxy) is 1. The zero-order chi connectivity index (χ0) is 17.6. The third-order valence-corrected chi connectivity index (χ3v) is 4.79. The van der Waals surface area contributed by atoms with E-state index in [-0.39, 0.29) is 11.9 Å². The molecular weight excluding hydrogens is 336 g/mol. The molecule has 1 fully saturated rings. The van der Waals surface area contributed by atoms with E-state index in [0.717, 1.165) is 24.3 Å². The number of nitrogens with one attached hydrogen (secondary N) is 1. The minimum Gasteiger partial charge on any atom is -0.496 e. The van der Waals surface area contributed by atoms with E-state index < -0.39 is 0 Å². The maximum atomic E-state index is 12.0. The summed E-state index contributed by atoms with van der Waals surface area (Å²) >= 11 is 6.13. The van der Waals surface area contributed by atoms with E-state index >= 15 is 0 Å². The van der Waals surface area contributed by atoms with Gasteiger partial charge in [0.25, 0.3) is 0 Å². The molecule has 25 heavy (non-hydrogen) atoms. The summed E-state index contributed by atoms with van der Waals surface area (Å²) in [6.45, 7) is 2.13. The van der Waals surface area contributed by atoms with Crippen LogP contribution in [0.2, 0.25) is 5.02 Å². The summed E-state index contributed by atoms with van der Waals surface area (Å²) in [7, 11) is 1.66. The Morgan fingerprint density at radius 1 is 1.24 bits per heavy atom. The molecule has 0 spiro atoms. The maximum absolute atomic E-state index is 12.0. The monoisotopic (exact) mass is 358 g/mol. The van der Waals surface area contributed by atoms with Crippen molar-refractivity contribution < 1.29 is 9.53 Å². The number of carbonyl (C=O) groups is 1. The molecule has 1 amide bonds. The molecule has 5 heteroatoms. The number of halogens is 1. The fourth-order valence-corrected chi connectivity index (χ4v) is 3.40. The van der Waals surface area contributed by atoms with Crippen LogP contribution in [0.25, 0.3) is 0 Å². The van der Waals surface area contributed by atoms with E-state index in [1.807, 2.05) is 41.3 Å². The zero-order valence-electron chi connectivity index (χ0n) is 14.4. The third kappa shape index (κ3) is 4.53. The van der Waals surface area contributed by atoms with Crippen molar-refractivity contribution in [3.8, 4) is 5.75 Å². The molecule has 0 unspecified atom stereocenters. The van der Waals surface area contributed by atoms with E-state index in [4.69, 9.17) is 16.3 Å². The first-order valence-electron chi connectivity index (χ1n) is 8.56. The van der Waals surface area contributed by atoms with Gasteiger partial charge in [0.15, 0.2) is 0 Å². The highest BCUT2D eigenvalue weighted by Gasteiger charge is 2.24. The summed E-state index contributed by atoms with van der Waals surface area (Å²) in [5, 5.41) is 4.25. The van der Waals surface area contributed by atoms with Gasteiger partial charge in [0.1, 0.15) is 5.75 Å². The Morgan fingerprint density at radius 3 is 2.72 bits per heavy atom. The molecule has 1 heterocycles. The number of rotatable bonds is 7. The number of amides is 1. The SMILES string of the molecule is COc1ccc(Cl)cc1CN[C@@H](CN1CCCC1=O)c1ccccc1. The molecule has 0 saturated carbocycles. The zero-order valence-corrected chi connectivity index (χ0v) is 15.1. The van der Waals surface area contributed by atoms with Crippen molar-refractivity contribution in [1.29, 1.82) is 0 Å². The van der Waals surface area contributed by atoms with Gasteiger partial charge >= 0.3 is 0 Å². The largest absolute Gasteiger partial charge is 0.496 e. The summed E-state index contributed by atoms with van der Waals surface area (Å²) < 4.78 is 5.43. The van der Waals surface area contributed by atoms with Crippen LogP contribution in [0, 0.1) is 0 Å². The molecule has 0 aromatic heterocycles. The fraction of sp³-hybridized carbons (Fsp3) is 0.350. The molecule has 3 rings (SSSR count). The predicted octanol–water partition coefficient (Wildman–Crippen LogP) is 3.80. The van der Waals surface area contributed by atoms with Crippen LogP contribution < -0.4 is 10.1 Å². The van der Waals surface area contributed by atoms with Crippen LogP contribution in [0.4, 0.5) is 0 Å². The topological polar surface area (TPSA) is 41.6 Å². The number of hydrogen-bond donors (Lipinski definition) is 1. The lowest BCUT2D eigenvalue weighted by Gasteiger charge is -2.25. The van der Waals surface area contributed by atoms with E-state index in [1.54, 1.807) is 7.11 Å². The molecule has 1 aliphatic rings. The van der Waals surface area contributed by atoms with Gasteiger partial charge in [-0.15, -0.1) is 0 Å². The molecule has 1 aliphatic heterocycles.